The van der Waals surface area contributed by atoms with Gasteiger partial charge in [0.1, 0.15) is 11.7 Å². The largest absolute Gasteiger partial charge is 0.454 e. The number of nitrogens with zero attached hydrogens (tertiary/aromatic N) is 5. The molecular formula is C24H27N5O4S. The Labute approximate surface area is 203 Å². The van der Waals surface area contributed by atoms with Gasteiger partial charge in [0, 0.05) is 51.4 Å². The molecule has 1 aromatic rings. The summed E-state index contributed by atoms with van der Waals surface area (Å²) in [5.41, 5.74) is 0.601. The number of carbonyl (C=O) groups is 2. The summed E-state index contributed by atoms with van der Waals surface area (Å²) in [4.78, 5) is 40.1. The summed E-state index contributed by atoms with van der Waals surface area (Å²) in [5, 5.41) is 0.283. The normalized spacial score (nSPS) is 21.7. The Morgan fingerprint density at radius 3 is 2.71 bits per heavy atom. The zero-order valence-corrected chi connectivity index (χ0v) is 19.7. The van der Waals surface area contributed by atoms with Crippen molar-refractivity contribution in [1.82, 2.24) is 14.8 Å². The summed E-state index contributed by atoms with van der Waals surface area (Å²) >= 11 is 5.37. The van der Waals surface area contributed by atoms with E-state index >= 15 is 0 Å². The van der Waals surface area contributed by atoms with Gasteiger partial charge in [0.2, 0.25) is 23.7 Å². The summed E-state index contributed by atoms with van der Waals surface area (Å²) in [6, 6.07) is 5.88. The smallest absolute Gasteiger partial charge is 0.241 e. The lowest BCUT2D eigenvalue weighted by molar-refractivity contribution is -0.132. The molecule has 0 saturated carbocycles. The standard InChI is InChI=1S/C24H27N5O4S/c30-22(28-12-10-27(11-13-28)21-6-3-4-8-25-21)7-2-1-5-9-29-23(31)17-14-19-20(33-16-32-19)15-18(17)26-24(29)34/h3-4,6,8,14-15,17H,1-2,5,7,9-13,16H2. The average molecular weight is 482 g/mol. The van der Waals surface area contributed by atoms with E-state index in [0.29, 0.717) is 43.3 Å². The Hall–Kier alpha value is -3.27. The lowest BCUT2D eigenvalue weighted by Gasteiger charge is -2.35. The highest BCUT2D eigenvalue weighted by Crippen LogP contribution is 2.31. The third-order valence-electron chi connectivity index (χ3n) is 6.45. The van der Waals surface area contributed by atoms with Crippen molar-refractivity contribution in [2.24, 2.45) is 10.9 Å². The first-order valence-corrected chi connectivity index (χ1v) is 12.1. The molecule has 10 heteroatoms. The molecule has 4 heterocycles. The van der Waals surface area contributed by atoms with Gasteiger partial charge in [0.15, 0.2) is 11.5 Å². The zero-order valence-electron chi connectivity index (χ0n) is 18.9. The predicted octanol–water partition coefficient (Wildman–Crippen LogP) is 2.26. The summed E-state index contributed by atoms with van der Waals surface area (Å²) in [6.45, 7) is 3.68. The molecule has 5 rings (SSSR count). The number of pyridine rings is 1. The number of thiocarbonyl (C=S) groups is 1. The number of ether oxygens (including phenoxy) is 2. The number of hydrogen-bond donors (Lipinski definition) is 0. The number of rotatable bonds is 7. The fourth-order valence-electron chi connectivity index (χ4n) is 4.55. The number of hydrogen-bond acceptors (Lipinski definition) is 7. The number of aromatic nitrogens is 1. The fraction of sp³-hybridized carbons (Fsp3) is 0.458. The van der Waals surface area contributed by atoms with Crippen LogP contribution in [0.15, 0.2) is 53.1 Å². The van der Waals surface area contributed by atoms with Crippen LogP contribution in [0.4, 0.5) is 5.82 Å². The van der Waals surface area contributed by atoms with Crippen LogP contribution in [0.1, 0.15) is 25.7 Å². The highest BCUT2D eigenvalue weighted by Gasteiger charge is 2.38. The number of fused-ring (bicyclic) bond motifs is 2. The van der Waals surface area contributed by atoms with Gasteiger partial charge in [-0.25, -0.2) is 9.98 Å². The fourth-order valence-corrected chi connectivity index (χ4v) is 4.83. The zero-order chi connectivity index (χ0) is 23.5. The van der Waals surface area contributed by atoms with E-state index in [1.165, 1.54) is 0 Å². The van der Waals surface area contributed by atoms with Crippen LogP contribution >= 0.6 is 12.2 Å². The van der Waals surface area contributed by atoms with Gasteiger partial charge in [-0.2, -0.15) is 0 Å². The maximum atomic E-state index is 13.0. The van der Waals surface area contributed by atoms with Gasteiger partial charge in [0.25, 0.3) is 0 Å². The van der Waals surface area contributed by atoms with E-state index in [0.717, 1.165) is 38.2 Å². The number of piperazine rings is 1. The monoisotopic (exact) mass is 481 g/mol. The molecule has 0 aromatic carbocycles. The molecule has 1 atom stereocenters. The van der Waals surface area contributed by atoms with Gasteiger partial charge in [-0.3, -0.25) is 14.5 Å². The topological polar surface area (TPSA) is 87.6 Å². The lowest BCUT2D eigenvalue weighted by Crippen LogP contribution is -2.49. The molecule has 1 aliphatic carbocycles. The predicted molar refractivity (Wildman–Crippen MR) is 130 cm³/mol. The molecule has 9 nitrogen and oxygen atoms in total. The van der Waals surface area contributed by atoms with E-state index in [1.807, 2.05) is 23.1 Å². The van der Waals surface area contributed by atoms with Crippen LogP contribution < -0.4 is 4.90 Å². The van der Waals surface area contributed by atoms with Crippen LogP contribution in [-0.2, 0) is 19.1 Å². The van der Waals surface area contributed by atoms with Gasteiger partial charge in [-0.15, -0.1) is 0 Å². The third kappa shape index (κ3) is 4.68. The van der Waals surface area contributed by atoms with Crippen molar-refractivity contribution in [2.45, 2.75) is 25.7 Å². The lowest BCUT2D eigenvalue weighted by atomic mass is 9.93. The highest BCUT2D eigenvalue weighted by molar-refractivity contribution is 7.80. The Kier molecular flexibility index (Phi) is 6.57. The average Bonchev–Trinajstić information content (AvgIpc) is 3.32. The molecular weight excluding hydrogens is 454 g/mol. The first-order chi connectivity index (χ1) is 16.6. The number of anilines is 1. The van der Waals surface area contributed by atoms with Gasteiger partial charge in [0.05, 0.1) is 5.71 Å². The molecule has 2 amide bonds. The van der Waals surface area contributed by atoms with Crippen LogP contribution in [-0.4, -0.2) is 76.9 Å². The summed E-state index contributed by atoms with van der Waals surface area (Å²) in [5.74, 6) is 1.76. The number of amides is 2. The SMILES string of the molecule is O=C(CCCCCN1C(=O)C2C=C3OCOC3=CC2=NC1=S)N1CCN(c2ccccn2)CC1. The maximum absolute atomic E-state index is 13.0. The minimum Gasteiger partial charge on any atom is -0.454 e. The maximum Gasteiger partial charge on any atom is 0.241 e. The quantitative estimate of drug-likeness (QED) is 0.436. The van der Waals surface area contributed by atoms with Crippen molar-refractivity contribution in [3.63, 3.8) is 0 Å². The Morgan fingerprint density at radius 1 is 1.09 bits per heavy atom. The summed E-state index contributed by atoms with van der Waals surface area (Å²) in [6.07, 6.45) is 8.19. The summed E-state index contributed by atoms with van der Waals surface area (Å²) in [7, 11) is 0. The molecule has 2 fully saturated rings. The Balaban J connectivity index is 1.04. The van der Waals surface area contributed by atoms with E-state index < -0.39 is 5.92 Å². The molecule has 34 heavy (non-hydrogen) atoms. The van der Waals surface area contributed by atoms with E-state index in [2.05, 4.69) is 14.9 Å². The minimum absolute atomic E-state index is 0.0878. The Morgan fingerprint density at radius 2 is 1.91 bits per heavy atom. The van der Waals surface area contributed by atoms with Crippen LogP contribution in [0.25, 0.3) is 0 Å². The molecule has 0 radical (unpaired) electrons. The van der Waals surface area contributed by atoms with Gasteiger partial charge < -0.3 is 19.3 Å². The van der Waals surface area contributed by atoms with Crippen LogP contribution in [0.3, 0.4) is 0 Å². The number of carbonyl (C=O) groups excluding carboxylic acids is 2. The number of aliphatic imine (C=N–C) groups is 1. The number of allylic oxidation sites excluding steroid dienone is 1. The molecule has 3 aliphatic heterocycles. The molecule has 0 N–H and O–H groups in total. The van der Waals surface area contributed by atoms with Gasteiger partial charge in [-0.1, -0.05) is 12.5 Å². The first-order valence-electron chi connectivity index (χ1n) is 11.7. The van der Waals surface area contributed by atoms with Crippen molar-refractivity contribution < 1.29 is 19.1 Å². The van der Waals surface area contributed by atoms with Crippen LogP contribution in [0.2, 0.25) is 0 Å². The van der Waals surface area contributed by atoms with E-state index in [1.54, 1.807) is 23.2 Å². The molecule has 0 bridgehead atoms. The second-order valence-corrected chi connectivity index (χ2v) is 8.96. The molecule has 1 unspecified atom stereocenters. The minimum atomic E-state index is -0.488. The number of unbranched alkanes of at least 4 members (excludes halogenated alkanes) is 2. The second-order valence-electron chi connectivity index (χ2n) is 8.60. The van der Waals surface area contributed by atoms with Gasteiger partial charge in [-0.05, 0) is 43.3 Å². The van der Waals surface area contributed by atoms with Crippen molar-refractivity contribution in [3.05, 3.63) is 48.1 Å². The van der Waals surface area contributed by atoms with Gasteiger partial charge >= 0.3 is 0 Å². The Bertz CT molecular complexity index is 1060. The van der Waals surface area contributed by atoms with E-state index in [9.17, 15) is 9.59 Å². The summed E-state index contributed by atoms with van der Waals surface area (Å²) < 4.78 is 10.8. The van der Waals surface area contributed by atoms with E-state index in [-0.39, 0.29) is 23.7 Å². The van der Waals surface area contributed by atoms with Crippen molar-refractivity contribution >= 4 is 40.7 Å². The van der Waals surface area contributed by atoms with Crippen molar-refractivity contribution in [3.8, 4) is 0 Å². The molecule has 0 spiro atoms. The second kappa shape index (κ2) is 9.92. The molecule has 2 saturated heterocycles. The first kappa shape index (κ1) is 22.5. The third-order valence-corrected chi connectivity index (χ3v) is 6.76. The van der Waals surface area contributed by atoms with Crippen LogP contribution in [0.5, 0.6) is 0 Å². The molecule has 4 aliphatic rings. The molecule has 1 aromatic heterocycles. The van der Waals surface area contributed by atoms with E-state index in [4.69, 9.17) is 21.7 Å². The van der Waals surface area contributed by atoms with Crippen molar-refractivity contribution in [2.75, 3.05) is 44.4 Å². The van der Waals surface area contributed by atoms with Crippen molar-refractivity contribution in [1.29, 1.82) is 0 Å². The molecule has 178 valence electrons. The highest BCUT2D eigenvalue weighted by atomic mass is 32.1. The van der Waals surface area contributed by atoms with Crippen LogP contribution in [0, 0.1) is 5.92 Å².